The number of benzene rings is 1. The first-order chi connectivity index (χ1) is 11.7. The predicted octanol–water partition coefficient (Wildman–Crippen LogP) is 3.01. The lowest BCUT2D eigenvalue weighted by atomic mass is 10.1. The van der Waals surface area contributed by atoms with Gasteiger partial charge in [-0.1, -0.05) is 18.2 Å². The number of nitrogens with one attached hydrogen (secondary N) is 2. The molecule has 1 aromatic rings. The van der Waals surface area contributed by atoms with E-state index >= 15 is 0 Å². The zero-order chi connectivity index (χ0) is 18.6. The first-order valence-corrected chi connectivity index (χ1v) is 9.07. The number of carbonyl (C=O) groups excluding carboxylic acids is 2. The first kappa shape index (κ1) is 19.4. The molecule has 0 radical (unpaired) electrons. The van der Waals surface area contributed by atoms with E-state index < -0.39 is 0 Å². The Bertz CT molecular complexity index is 610. The molecule has 1 fully saturated rings. The van der Waals surface area contributed by atoms with Crippen LogP contribution in [-0.2, 0) is 9.59 Å². The summed E-state index contributed by atoms with van der Waals surface area (Å²) >= 11 is 0. The van der Waals surface area contributed by atoms with Crippen LogP contribution >= 0.6 is 0 Å². The van der Waals surface area contributed by atoms with Crippen LogP contribution in [0.5, 0.6) is 0 Å². The van der Waals surface area contributed by atoms with Crippen molar-refractivity contribution in [2.24, 2.45) is 0 Å². The van der Waals surface area contributed by atoms with Crippen LogP contribution in [0, 0.1) is 13.8 Å². The summed E-state index contributed by atoms with van der Waals surface area (Å²) in [4.78, 5) is 26.6. The van der Waals surface area contributed by atoms with Crippen LogP contribution in [0.4, 0.5) is 5.69 Å². The number of para-hydroxylation sites is 1. The van der Waals surface area contributed by atoms with Crippen molar-refractivity contribution in [3.05, 3.63) is 29.3 Å². The average molecular weight is 345 g/mol. The Hall–Kier alpha value is -1.88. The quantitative estimate of drug-likeness (QED) is 0.798. The topological polar surface area (TPSA) is 61.4 Å². The second-order valence-electron chi connectivity index (χ2n) is 8.06. The van der Waals surface area contributed by atoms with Crippen LogP contribution in [0.3, 0.4) is 0 Å². The lowest BCUT2D eigenvalue weighted by molar-refractivity contribution is -0.123. The van der Waals surface area contributed by atoms with Gasteiger partial charge in [-0.05, 0) is 58.6 Å². The van der Waals surface area contributed by atoms with E-state index in [1.54, 1.807) is 0 Å². The monoisotopic (exact) mass is 345 g/mol. The Labute approximate surface area is 151 Å². The summed E-state index contributed by atoms with van der Waals surface area (Å²) in [6, 6.07) is 6.42. The third-order valence-electron chi connectivity index (χ3n) is 4.30. The minimum absolute atomic E-state index is 0.0134. The molecule has 0 heterocycles. The van der Waals surface area contributed by atoms with E-state index in [1.165, 1.54) is 0 Å². The molecular weight excluding hydrogens is 314 g/mol. The van der Waals surface area contributed by atoms with Crippen LogP contribution in [0.15, 0.2) is 18.2 Å². The highest BCUT2D eigenvalue weighted by Gasteiger charge is 2.30. The van der Waals surface area contributed by atoms with Crippen LogP contribution in [-0.4, -0.2) is 41.4 Å². The number of carbonyl (C=O) groups is 2. The molecule has 0 unspecified atom stereocenters. The molecule has 1 aromatic carbocycles. The summed E-state index contributed by atoms with van der Waals surface area (Å²) < 4.78 is 0. The van der Waals surface area contributed by atoms with Gasteiger partial charge in [-0.3, -0.25) is 14.5 Å². The largest absolute Gasteiger partial charge is 0.351 e. The van der Waals surface area contributed by atoms with Crippen molar-refractivity contribution < 1.29 is 9.59 Å². The van der Waals surface area contributed by atoms with Gasteiger partial charge in [0.1, 0.15) is 0 Å². The zero-order valence-electron chi connectivity index (χ0n) is 16.1. The highest BCUT2D eigenvalue weighted by Crippen LogP contribution is 2.27. The van der Waals surface area contributed by atoms with Crippen molar-refractivity contribution in [2.75, 3.05) is 18.4 Å². The van der Waals surface area contributed by atoms with Crippen molar-refractivity contribution in [2.45, 2.75) is 65.5 Å². The molecule has 5 heteroatoms. The van der Waals surface area contributed by atoms with Crippen LogP contribution in [0.25, 0.3) is 0 Å². The standard InChI is InChI=1S/C20H31N3O2/c1-14-7-6-8-15(2)19(14)21-18(25)13-23(16-9-10-16)12-11-17(24)22-20(3,4)5/h6-8,16H,9-13H2,1-5H3,(H,21,25)(H,22,24). The number of rotatable bonds is 7. The van der Waals surface area contributed by atoms with E-state index in [2.05, 4.69) is 15.5 Å². The average Bonchev–Trinajstić information content (AvgIpc) is 3.30. The van der Waals surface area contributed by atoms with Gasteiger partial charge in [0, 0.05) is 30.2 Å². The van der Waals surface area contributed by atoms with Crippen molar-refractivity contribution in [3.8, 4) is 0 Å². The van der Waals surface area contributed by atoms with E-state index in [1.807, 2.05) is 52.8 Å². The second kappa shape index (κ2) is 8.00. The van der Waals surface area contributed by atoms with Crippen molar-refractivity contribution in [1.82, 2.24) is 10.2 Å². The van der Waals surface area contributed by atoms with Gasteiger partial charge in [-0.15, -0.1) is 0 Å². The fourth-order valence-electron chi connectivity index (χ4n) is 2.93. The van der Waals surface area contributed by atoms with Gasteiger partial charge in [0.15, 0.2) is 0 Å². The van der Waals surface area contributed by atoms with Gasteiger partial charge in [0.2, 0.25) is 11.8 Å². The summed E-state index contributed by atoms with van der Waals surface area (Å²) in [5.74, 6) is 0.0221. The molecule has 1 aliphatic rings. The molecule has 138 valence electrons. The lowest BCUT2D eigenvalue weighted by Gasteiger charge is -2.24. The molecule has 2 N–H and O–H groups in total. The van der Waals surface area contributed by atoms with E-state index in [0.29, 0.717) is 25.6 Å². The van der Waals surface area contributed by atoms with E-state index in [4.69, 9.17) is 0 Å². The molecule has 2 rings (SSSR count). The Morgan fingerprint density at radius 1 is 1.12 bits per heavy atom. The molecule has 0 spiro atoms. The van der Waals surface area contributed by atoms with Crippen LogP contribution < -0.4 is 10.6 Å². The molecule has 0 bridgehead atoms. The second-order valence-corrected chi connectivity index (χ2v) is 8.06. The zero-order valence-corrected chi connectivity index (χ0v) is 16.1. The summed E-state index contributed by atoms with van der Waals surface area (Å²) in [6.45, 7) is 10.9. The maximum absolute atomic E-state index is 12.5. The normalized spacial score (nSPS) is 14.5. The highest BCUT2D eigenvalue weighted by molar-refractivity contribution is 5.93. The molecule has 25 heavy (non-hydrogen) atoms. The summed E-state index contributed by atoms with van der Waals surface area (Å²) in [5, 5.41) is 6.01. The molecular formula is C20H31N3O2. The van der Waals surface area contributed by atoms with Gasteiger partial charge in [-0.2, -0.15) is 0 Å². The van der Waals surface area contributed by atoms with Gasteiger partial charge in [0.25, 0.3) is 0 Å². The van der Waals surface area contributed by atoms with Crippen molar-refractivity contribution >= 4 is 17.5 Å². The number of aryl methyl sites for hydroxylation is 2. The molecule has 0 saturated heterocycles. The summed E-state index contributed by atoms with van der Waals surface area (Å²) in [7, 11) is 0. The maximum Gasteiger partial charge on any atom is 0.238 e. The molecule has 1 aliphatic carbocycles. The molecule has 0 atom stereocenters. The Balaban J connectivity index is 1.89. The van der Waals surface area contributed by atoms with Crippen molar-refractivity contribution in [1.29, 1.82) is 0 Å². The van der Waals surface area contributed by atoms with Crippen molar-refractivity contribution in [3.63, 3.8) is 0 Å². The Morgan fingerprint density at radius 2 is 1.72 bits per heavy atom. The fourth-order valence-corrected chi connectivity index (χ4v) is 2.93. The molecule has 1 saturated carbocycles. The molecule has 2 amide bonds. The van der Waals surface area contributed by atoms with Gasteiger partial charge in [0.05, 0.1) is 6.54 Å². The van der Waals surface area contributed by atoms with E-state index in [-0.39, 0.29) is 17.4 Å². The number of hydrogen-bond acceptors (Lipinski definition) is 3. The number of amides is 2. The summed E-state index contributed by atoms with van der Waals surface area (Å²) in [6.07, 6.45) is 2.64. The minimum atomic E-state index is -0.221. The van der Waals surface area contributed by atoms with E-state index in [0.717, 1.165) is 29.7 Å². The highest BCUT2D eigenvalue weighted by atomic mass is 16.2. The van der Waals surface area contributed by atoms with Gasteiger partial charge in [-0.25, -0.2) is 0 Å². The van der Waals surface area contributed by atoms with Gasteiger partial charge < -0.3 is 10.6 Å². The predicted molar refractivity (Wildman–Crippen MR) is 102 cm³/mol. The Kier molecular flexibility index (Phi) is 6.22. The lowest BCUT2D eigenvalue weighted by Crippen LogP contribution is -2.43. The minimum Gasteiger partial charge on any atom is -0.351 e. The molecule has 5 nitrogen and oxygen atoms in total. The molecule has 0 aromatic heterocycles. The number of nitrogens with zero attached hydrogens (tertiary/aromatic N) is 1. The summed E-state index contributed by atoms with van der Waals surface area (Å²) in [5.41, 5.74) is 2.81. The Morgan fingerprint density at radius 3 is 2.24 bits per heavy atom. The number of anilines is 1. The molecule has 0 aliphatic heterocycles. The first-order valence-electron chi connectivity index (χ1n) is 9.07. The van der Waals surface area contributed by atoms with Crippen LogP contribution in [0.2, 0.25) is 0 Å². The third-order valence-corrected chi connectivity index (χ3v) is 4.30. The van der Waals surface area contributed by atoms with Gasteiger partial charge >= 0.3 is 0 Å². The SMILES string of the molecule is Cc1cccc(C)c1NC(=O)CN(CCC(=O)NC(C)(C)C)C1CC1. The maximum atomic E-state index is 12.5. The van der Waals surface area contributed by atoms with E-state index in [9.17, 15) is 9.59 Å². The number of hydrogen-bond donors (Lipinski definition) is 2. The third kappa shape index (κ3) is 6.50. The van der Waals surface area contributed by atoms with Crippen LogP contribution in [0.1, 0.15) is 51.2 Å². The fraction of sp³-hybridized carbons (Fsp3) is 0.600. The smallest absolute Gasteiger partial charge is 0.238 e.